The van der Waals surface area contributed by atoms with Crippen LogP contribution >= 0.6 is 23.2 Å². The van der Waals surface area contributed by atoms with E-state index in [4.69, 9.17) is 27.9 Å². The number of carbonyl (C=O) groups is 1. The quantitative estimate of drug-likeness (QED) is 0.675. The molecular weight excluding hydrogens is 297 g/mol. The fraction of sp³-hybridized carbons (Fsp3) is 0.533. The molecule has 0 radical (unpaired) electrons. The van der Waals surface area contributed by atoms with E-state index in [2.05, 4.69) is 6.92 Å². The van der Waals surface area contributed by atoms with E-state index < -0.39 is 0 Å². The number of ether oxygens (including phenoxy) is 1. The number of hydrogen-bond donors (Lipinski definition) is 0. The van der Waals surface area contributed by atoms with Crippen molar-refractivity contribution in [2.45, 2.75) is 32.7 Å². The number of hydrogen-bond acceptors (Lipinski definition) is 2. The van der Waals surface area contributed by atoms with Crippen molar-refractivity contribution in [3.8, 4) is 5.75 Å². The van der Waals surface area contributed by atoms with Gasteiger partial charge in [-0.25, -0.2) is 0 Å². The van der Waals surface area contributed by atoms with Crippen LogP contribution in [0.25, 0.3) is 0 Å². The van der Waals surface area contributed by atoms with Crippen LogP contribution in [0.15, 0.2) is 18.2 Å². The zero-order chi connectivity index (χ0) is 15.0. The lowest BCUT2D eigenvalue weighted by Gasteiger charge is -2.19. The maximum Gasteiger partial charge on any atom is 0.222 e. The van der Waals surface area contributed by atoms with Crippen LogP contribution in [0.5, 0.6) is 5.75 Å². The molecule has 0 atom stereocenters. The van der Waals surface area contributed by atoms with Crippen molar-refractivity contribution in [2.24, 2.45) is 0 Å². The first-order valence-electron chi connectivity index (χ1n) is 6.79. The summed E-state index contributed by atoms with van der Waals surface area (Å²) in [5, 5.41) is 0.644. The molecule has 1 aromatic rings. The third kappa shape index (κ3) is 5.59. The molecule has 5 heteroatoms. The smallest absolute Gasteiger partial charge is 0.222 e. The Morgan fingerprint density at radius 2 is 2.15 bits per heavy atom. The number of alkyl halides is 1. The van der Waals surface area contributed by atoms with Crippen molar-refractivity contribution in [1.29, 1.82) is 0 Å². The van der Waals surface area contributed by atoms with Crippen LogP contribution in [0.4, 0.5) is 0 Å². The second-order valence-corrected chi connectivity index (χ2v) is 5.46. The highest BCUT2D eigenvalue weighted by Gasteiger charge is 2.12. The van der Waals surface area contributed by atoms with Gasteiger partial charge in [-0.3, -0.25) is 4.79 Å². The van der Waals surface area contributed by atoms with Gasteiger partial charge < -0.3 is 9.64 Å². The summed E-state index contributed by atoms with van der Waals surface area (Å²) in [7, 11) is 1.78. The Bertz CT molecular complexity index is 438. The average molecular weight is 318 g/mol. The van der Waals surface area contributed by atoms with Gasteiger partial charge in [-0.15, -0.1) is 11.6 Å². The zero-order valence-electron chi connectivity index (χ0n) is 12.0. The molecule has 3 nitrogen and oxygen atoms in total. The molecule has 0 aromatic heterocycles. The van der Waals surface area contributed by atoms with E-state index in [1.165, 1.54) is 0 Å². The Morgan fingerprint density at radius 1 is 1.40 bits per heavy atom. The number of carbonyl (C=O) groups excluding carboxylic acids is 1. The minimum absolute atomic E-state index is 0.0760. The third-order valence-electron chi connectivity index (χ3n) is 2.84. The standard InChI is InChI=1S/C15H21Cl2NO2/c1-3-9-20-14-7-6-13(17)10-12(14)11-18(2)15(19)5-4-8-16/h6-7,10H,3-5,8-9,11H2,1-2H3. The molecule has 0 bridgehead atoms. The Balaban J connectivity index is 2.73. The number of halogens is 2. The zero-order valence-corrected chi connectivity index (χ0v) is 13.5. The molecule has 0 aliphatic carbocycles. The van der Waals surface area contributed by atoms with E-state index in [0.29, 0.717) is 36.9 Å². The minimum Gasteiger partial charge on any atom is -0.493 e. The molecule has 0 fully saturated rings. The van der Waals surface area contributed by atoms with Gasteiger partial charge >= 0.3 is 0 Å². The second kappa shape index (κ2) is 9.09. The van der Waals surface area contributed by atoms with Crippen LogP contribution in [0.2, 0.25) is 5.02 Å². The first kappa shape index (κ1) is 17.1. The molecule has 0 heterocycles. The summed E-state index contributed by atoms with van der Waals surface area (Å²) in [5.74, 6) is 1.36. The molecule has 0 saturated carbocycles. The van der Waals surface area contributed by atoms with Gasteiger partial charge in [0.05, 0.1) is 6.61 Å². The lowest BCUT2D eigenvalue weighted by molar-refractivity contribution is -0.130. The summed E-state index contributed by atoms with van der Waals surface area (Å²) in [6, 6.07) is 5.49. The molecule has 0 aliphatic rings. The van der Waals surface area contributed by atoms with Crippen molar-refractivity contribution in [3.05, 3.63) is 28.8 Å². The Labute approximate surface area is 130 Å². The normalized spacial score (nSPS) is 10.4. The number of amides is 1. The number of benzene rings is 1. The van der Waals surface area contributed by atoms with E-state index in [1.807, 2.05) is 12.1 Å². The van der Waals surface area contributed by atoms with E-state index in [9.17, 15) is 4.79 Å². The summed E-state index contributed by atoms with van der Waals surface area (Å²) in [6.07, 6.45) is 2.09. The Morgan fingerprint density at radius 3 is 2.80 bits per heavy atom. The van der Waals surface area contributed by atoms with Crippen LogP contribution in [-0.2, 0) is 11.3 Å². The van der Waals surface area contributed by atoms with Crippen molar-refractivity contribution >= 4 is 29.1 Å². The van der Waals surface area contributed by atoms with Gasteiger partial charge in [-0.1, -0.05) is 18.5 Å². The SMILES string of the molecule is CCCOc1ccc(Cl)cc1CN(C)C(=O)CCCCl. The van der Waals surface area contributed by atoms with Crippen molar-refractivity contribution in [2.75, 3.05) is 19.5 Å². The van der Waals surface area contributed by atoms with E-state index >= 15 is 0 Å². The lowest BCUT2D eigenvalue weighted by Crippen LogP contribution is -2.26. The highest BCUT2D eigenvalue weighted by atomic mass is 35.5. The predicted molar refractivity (Wildman–Crippen MR) is 83.7 cm³/mol. The van der Waals surface area contributed by atoms with Crippen molar-refractivity contribution in [1.82, 2.24) is 4.90 Å². The van der Waals surface area contributed by atoms with Crippen LogP contribution in [0.1, 0.15) is 31.7 Å². The van der Waals surface area contributed by atoms with Gasteiger partial charge in [0.15, 0.2) is 0 Å². The summed E-state index contributed by atoms with van der Waals surface area (Å²) in [5.41, 5.74) is 0.924. The summed E-state index contributed by atoms with van der Waals surface area (Å²) >= 11 is 11.6. The van der Waals surface area contributed by atoms with E-state index in [-0.39, 0.29) is 5.91 Å². The molecule has 1 amide bonds. The highest BCUT2D eigenvalue weighted by Crippen LogP contribution is 2.24. The third-order valence-corrected chi connectivity index (χ3v) is 3.34. The van der Waals surface area contributed by atoms with Crippen molar-refractivity contribution < 1.29 is 9.53 Å². The van der Waals surface area contributed by atoms with Crippen LogP contribution < -0.4 is 4.74 Å². The van der Waals surface area contributed by atoms with Gasteiger partial charge in [-0.05, 0) is 31.0 Å². The summed E-state index contributed by atoms with van der Waals surface area (Å²) in [6.45, 7) is 3.19. The largest absolute Gasteiger partial charge is 0.493 e. The predicted octanol–water partition coefficient (Wildman–Crippen LogP) is 4.11. The molecule has 1 aromatic carbocycles. The van der Waals surface area contributed by atoms with Gasteiger partial charge in [-0.2, -0.15) is 0 Å². The van der Waals surface area contributed by atoms with Crippen molar-refractivity contribution in [3.63, 3.8) is 0 Å². The van der Waals surface area contributed by atoms with Crippen LogP contribution in [-0.4, -0.2) is 30.3 Å². The fourth-order valence-electron chi connectivity index (χ4n) is 1.78. The molecule has 1 rings (SSSR count). The first-order valence-corrected chi connectivity index (χ1v) is 7.70. The van der Waals surface area contributed by atoms with Crippen LogP contribution in [0.3, 0.4) is 0 Å². The highest BCUT2D eigenvalue weighted by molar-refractivity contribution is 6.30. The maximum atomic E-state index is 11.9. The average Bonchev–Trinajstić information content (AvgIpc) is 2.43. The second-order valence-electron chi connectivity index (χ2n) is 4.64. The van der Waals surface area contributed by atoms with Gasteiger partial charge in [0.2, 0.25) is 5.91 Å². The van der Waals surface area contributed by atoms with E-state index in [1.54, 1.807) is 18.0 Å². The lowest BCUT2D eigenvalue weighted by atomic mass is 10.2. The minimum atomic E-state index is 0.0760. The topological polar surface area (TPSA) is 29.5 Å². The Hall–Kier alpha value is -0.930. The summed E-state index contributed by atoms with van der Waals surface area (Å²) < 4.78 is 5.69. The molecule has 0 spiro atoms. The van der Waals surface area contributed by atoms with Gasteiger partial charge in [0, 0.05) is 36.5 Å². The monoisotopic (exact) mass is 317 g/mol. The molecule has 0 unspecified atom stereocenters. The van der Waals surface area contributed by atoms with Gasteiger partial charge in [0.1, 0.15) is 5.75 Å². The molecule has 0 aliphatic heterocycles. The van der Waals surface area contributed by atoms with E-state index in [0.717, 1.165) is 17.7 Å². The van der Waals surface area contributed by atoms with Crippen LogP contribution in [0, 0.1) is 0 Å². The number of rotatable bonds is 8. The first-order chi connectivity index (χ1) is 9.58. The maximum absolute atomic E-state index is 11.9. The molecule has 20 heavy (non-hydrogen) atoms. The van der Waals surface area contributed by atoms with Gasteiger partial charge in [0.25, 0.3) is 0 Å². The molecule has 0 N–H and O–H groups in total. The fourth-order valence-corrected chi connectivity index (χ4v) is 2.11. The number of nitrogens with zero attached hydrogens (tertiary/aromatic N) is 1. The molecular formula is C15H21Cl2NO2. The molecule has 0 saturated heterocycles. The Kier molecular flexibility index (Phi) is 7.78. The molecule has 112 valence electrons. The summed E-state index contributed by atoms with van der Waals surface area (Å²) in [4.78, 5) is 13.6.